The van der Waals surface area contributed by atoms with Gasteiger partial charge in [-0.25, -0.2) is 4.39 Å². The van der Waals surface area contributed by atoms with Crippen LogP contribution in [0.2, 0.25) is 5.02 Å². The number of nitrogens with zero attached hydrogens (tertiary/aromatic N) is 3. The zero-order valence-electron chi connectivity index (χ0n) is 13.7. The van der Waals surface area contributed by atoms with E-state index in [9.17, 15) is 14.4 Å². The highest BCUT2D eigenvalue weighted by molar-refractivity contribution is 6.31. The SMILES string of the molecule is CN1CCC(N(C)C(=O)/C(C#N)=C\Nc2ccc(F)c(Cl)c2)CC1. The van der Waals surface area contributed by atoms with Gasteiger partial charge in [0, 0.05) is 25.0 Å². The highest BCUT2D eigenvalue weighted by atomic mass is 35.5. The van der Waals surface area contributed by atoms with Crippen LogP contribution >= 0.6 is 11.6 Å². The monoisotopic (exact) mass is 350 g/mol. The van der Waals surface area contributed by atoms with Gasteiger partial charge >= 0.3 is 0 Å². The third kappa shape index (κ3) is 4.47. The molecule has 0 atom stereocenters. The molecule has 1 aliphatic rings. The number of anilines is 1. The number of rotatable bonds is 4. The molecule has 1 heterocycles. The van der Waals surface area contributed by atoms with Crippen molar-refractivity contribution in [1.29, 1.82) is 5.26 Å². The fourth-order valence-corrected chi connectivity index (χ4v) is 2.80. The van der Waals surface area contributed by atoms with Gasteiger partial charge in [-0.1, -0.05) is 11.6 Å². The summed E-state index contributed by atoms with van der Waals surface area (Å²) in [5, 5.41) is 12.1. The number of carbonyl (C=O) groups is 1. The summed E-state index contributed by atoms with van der Waals surface area (Å²) in [6.45, 7) is 1.86. The number of halogens is 2. The van der Waals surface area contributed by atoms with Gasteiger partial charge in [0.2, 0.25) is 0 Å². The molecule has 2 rings (SSSR count). The van der Waals surface area contributed by atoms with Crippen molar-refractivity contribution in [3.8, 4) is 6.07 Å². The fourth-order valence-electron chi connectivity index (χ4n) is 2.62. The van der Waals surface area contributed by atoms with Gasteiger partial charge < -0.3 is 15.1 Å². The Morgan fingerprint density at radius 3 is 2.75 bits per heavy atom. The molecule has 0 aromatic heterocycles. The average molecular weight is 351 g/mol. The number of nitriles is 1. The largest absolute Gasteiger partial charge is 0.360 e. The first-order valence-electron chi connectivity index (χ1n) is 7.70. The third-order valence-electron chi connectivity index (χ3n) is 4.21. The number of piperidine rings is 1. The van der Waals surface area contributed by atoms with E-state index in [1.165, 1.54) is 24.4 Å². The molecule has 1 aromatic rings. The number of nitrogens with one attached hydrogen (secondary N) is 1. The predicted molar refractivity (Wildman–Crippen MR) is 92.0 cm³/mol. The van der Waals surface area contributed by atoms with Crippen molar-refractivity contribution in [1.82, 2.24) is 9.80 Å². The van der Waals surface area contributed by atoms with Crippen LogP contribution < -0.4 is 5.32 Å². The Bertz CT molecular complexity index is 678. The second-order valence-corrected chi connectivity index (χ2v) is 6.30. The number of carbonyl (C=O) groups excluding carboxylic acids is 1. The molecule has 0 spiro atoms. The van der Waals surface area contributed by atoms with Gasteiger partial charge in [-0.3, -0.25) is 4.79 Å². The molecule has 1 N–H and O–H groups in total. The van der Waals surface area contributed by atoms with Crippen LogP contribution in [0.5, 0.6) is 0 Å². The Morgan fingerprint density at radius 2 is 2.17 bits per heavy atom. The van der Waals surface area contributed by atoms with Gasteiger partial charge in [-0.05, 0) is 51.2 Å². The molecule has 1 saturated heterocycles. The van der Waals surface area contributed by atoms with E-state index in [1.54, 1.807) is 11.9 Å². The lowest BCUT2D eigenvalue weighted by Crippen LogP contribution is -2.44. The lowest BCUT2D eigenvalue weighted by atomic mass is 10.0. The molecular formula is C17H20ClFN4O. The van der Waals surface area contributed by atoms with Gasteiger partial charge in [0.1, 0.15) is 17.5 Å². The molecular weight excluding hydrogens is 331 g/mol. The smallest absolute Gasteiger partial charge is 0.266 e. The van der Waals surface area contributed by atoms with Gasteiger partial charge in [-0.2, -0.15) is 5.26 Å². The Morgan fingerprint density at radius 1 is 1.50 bits per heavy atom. The number of benzene rings is 1. The molecule has 0 bridgehead atoms. The minimum Gasteiger partial charge on any atom is -0.360 e. The van der Waals surface area contributed by atoms with E-state index >= 15 is 0 Å². The summed E-state index contributed by atoms with van der Waals surface area (Å²) in [5.41, 5.74) is 0.501. The first-order chi connectivity index (χ1) is 11.4. The summed E-state index contributed by atoms with van der Waals surface area (Å²) in [6.07, 6.45) is 3.11. The minimum absolute atomic E-state index is 0.00289. The Balaban J connectivity index is 2.04. The second kappa shape index (κ2) is 8.13. The van der Waals surface area contributed by atoms with Crippen molar-refractivity contribution in [2.45, 2.75) is 18.9 Å². The predicted octanol–water partition coefficient (Wildman–Crippen LogP) is 2.85. The maximum absolute atomic E-state index is 13.1. The quantitative estimate of drug-likeness (QED) is 0.670. The lowest BCUT2D eigenvalue weighted by Gasteiger charge is -2.34. The second-order valence-electron chi connectivity index (χ2n) is 5.89. The van der Waals surface area contributed by atoms with Crippen molar-refractivity contribution in [3.05, 3.63) is 40.8 Å². The summed E-state index contributed by atoms with van der Waals surface area (Å²) >= 11 is 5.71. The first-order valence-corrected chi connectivity index (χ1v) is 8.07. The van der Waals surface area contributed by atoms with Gasteiger partial charge in [-0.15, -0.1) is 0 Å². The van der Waals surface area contributed by atoms with Crippen LogP contribution in [-0.4, -0.2) is 48.9 Å². The van der Waals surface area contributed by atoms with E-state index in [2.05, 4.69) is 17.3 Å². The van der Waals surface area contributed by atoms with E-state index in [1.807, 2.05) is 6.07 Å². The molecule has 0 unspecified atom stereocenters. The zero-order chi connectivity index (χ0) is 17.7. The molecule has 0 aliphatic carbocycles. The van der Waals surface area contributed by atoms with Crippen molar-refractivity contribution in [2.75, 3.05) is 32.5 Å². The molecule has 5 nitrogen and oxygen atoms in total. The standard InChI is InChI=1S/C17H20ClFN4O/c1-22-7-5-14(6-8-22)23(2)17(24)12(10-20)11-21-13-3-4-16(19)15(18)9-13/h3-4,9,11,14,21H,5-8H2,1-2H3/b12-11-. The van der Waals surface area contributed by atoms with E-state index in [-0.39, 0.29) is 22.5 Å². The van der Waals surface area contributed by atoms with Crippen LogP contribution in [-0.2, 0) is 4.79 Å². The van der Waals surface area contributed by atoms with E-state index in [0.29, 0.717) is 5.69 Å². The molecule has 0 saturated carbocycles. The van der Waals surface area contributed by atoms with Crippen LogP contribution in [0.25, 0.3) is 0 Å². The molecule has 24 heavy (non-hydrogen) atoms. The summed E-state index contributed by atoms with van der Waals surface area (Å²) in [7, 11) is 3.77. The first kappa shape index (κ1) is 18.2. The van der Waals surface area contributed by atoms with Crippen LogP contribution in [0.15, 0.2) is 30.0 Å². The number of likely N-dealkylation sites (N-methyl/N-ethyl adjacent to an activating group) is 1. The average Bonchev–Trinajstić information content (AvgIpc) is 2.58. The highest BCUT2D eigenvalue weighted by Gasteiger charge is 2.25. The number of likely N-dealkylation sites (tertiary alicyclic amines) is 1. The normalized spacial score (nSPS) is 16.5. The number of hydrogen-bond acceptors (Lipinski definition) is 4. The molecule has 128 valence electrons. The van der Waals surface area contributed by atoms with Crippen LogP contribution in [0.3, 0.4) is 0 Å². The van der Waals surface area contributed by atoms with Crippen molar-refractivity contribution >= 4 is 23.2 Å². The molecule has 1 amide bonds. The molecule has 1 aliphatic heterocycles. The number of amides is 1. The van der Waals surface area contributed by atoms with Crippen molar-refractivity contribution in [2.24, 2.45) is 0 Å². The third-order valence-corrected chi connectivity index (χ3v) is 4.50. The van der Waals surface area contributed by atoms with E-state index in [4.69, 9.17) is 11.6 Å². The summed E-state index contributed by atoms with van der Waals surface area (Å²) in [4.78, 5) is 16.3. The zero-order valence-corrected chi connectivity index (χ0v) is 14.5. The lowest BCUT2D eigenvalue weighted by molar-refractivity contribution is -0.128. The molecule has 7 heteroatoms. The molecule has 1 fully saturated rings. The minimum atomic E-state index is -0.523. The highest BCUT2D eigenvalue weighted by Crippen LogP contribution is 2.20. The van der Waals surface area contributed by atoms with Crippen LogP contribution in [0, 0.1) is 17.1 Å². The van der Waals surface area contributed by atoms with Crippen molar-refractivity contribution in [3.63, 3.8) is 0 Å². The fraction of sp³-hybridized carbons (Fsp3) is 0.412. The van der Waals surface area contributed by atoms with Crippen LogP contribution in [0.1, 0.15) is 12.8 Å². The van der Waals surface area contributed by atoms with Crippen LogP contribution in [0.4, 0.5) is 10.1 Å². The number of hydrogen-bond donors (Lipinski definition) is 1. The maximum atomic E-state index is 13.1. The summed E-state index contributed by atoms with van der Waals surface area (Å²) < 4.78 is 13.1. The Hall–Kier alpha value is -2.10. The maximum Gasteiger partial charge on any atom is 0.266 e. The molecule has 1 aromatic carbocycles. The summed E-state index contributed by atoms with van der Waals surface area (Å²) in [6, 6.07) is 6.15. The van der Waals surface area contributed by atoms with Gasteiger partial charge in [0.05, 0.1) is 5.02 Å². The Labute approximate surface area is 146 Å². The van der Waals surface area contributed by atoms with Gasteiger partial charge in [0.25, 0.3) is 5.91 Å². The Kier molecular flexibility index (Phi) is 6.18. The molecule has 0 radical (unpaired) electrons. The van der Waals surface area contributed by atoms with E-state index < -0.39 is 5.82 Å². The van der Waals surface area contributed by atoms with E-state index in [0.717, 1.165) is 25.9 Å². The van der Waals surface area contributed by atoms with Crippen molar-refractivity contribution < 1.29 is 9.18 Å². The summed E-state index contributed by atoms with van der Waals surface area (Å²) in [5.74, 6) is -0.849. The van der Waals surface area contributed by atoms with Gasteiger partial charge in [0.15, 0.2) is 0 Å². The topological polar surface area (TPSA) is 59.4 Å².